The van der Waals surface area contributed by atoms with Crippen LogP contribution in [0, 0.1) is 6.92 Å². The van der Waals surface area contributed by atoms with E-state index in [2.05, 4.69) is 10.3 Å². The normalized spacial score (nSPS) is 17.5. The number of amides is 2. The fraction of sp³-hybridized carbons (Fsp3) is 0.312. The molecule has 1 unspecified atom stereocenters. The maximum absolute atomic E-state index is 12.6. The van der Waals surface area contributed by atoms with Gasteiger partial charge in [0.15, 0.2) is 5.13 Å². The summed E-state index contributed by atoms with van der Waals surface area (Å²) >= 11 is 1.37. The summed E-state index contributed by atoms with van der Waals surface area (Å²) in [7, 11) is 0. The molecule has 1 aromatic heterocycles. The fourth-order valence-electron chi connectivity index (χ4n) is 2.62. The lowest BCUT2D eigenvalue weighted by Crippen LogP contribution is -2.43. The minimum absolute atomic E-state index is 0.0863. The van der Waals surface area contributed by atoms with Gasteiger partial charge in [0.25, 0.3) is 5.91 Å². The van der Waals surface area contributed by atoms with Crippen LogP contribution in [0.2, 0.25) is 0 Å². The van der Waals surface area contributed by atoms with Crippen molar-refractivity contribution in [2.75, 3.05) is 11.9 Å². The van der Waals surface area contributed by atoms with Crippen LogP contribution in [-0.4, -0.2) is 34.3 Å². The lowest BCUT2D eigenvalue weighted by Gasteiger charge is -2.23. The molecule has 1 aromatic carbocycles. The Bertz CT molecular complexity index is 667. The number of aromatic nitrogens is 1. The standard InChI is InChI=1S/C16H17N3O2S/c1-11-4-6-12(7-5-11)15(21)19-9-2-3-13(19)14(20)18-16-17-8-10-22-16/h4-8,10,13H,2-3,9H2,1H3,(H,17,18,20). The van der Waals surface area contributed by atoms with Crippen LogP contribution in [0.15, 0.2) is 35.8 Å². The van der Waals surface area contributed by atoms with Crippen LogP contribution >= 0.6 is 11.3 Å². The summed E-state index contributed by atoms with van der Waals surface area (Å²) in [6.45, 7) is 2.59. The Morgan fingerprint density at radius 1 is 1.32 bits per heavy atom. The van der Waals surface area contributed by atoms with Crippen molar-refractivity contribution < 1.29 is 9.59 Å². The molecule has 114 valence electrons. The smallest absolute Gasteiger partial charge is 0.254 e. The summed E-state index contributed by atoms with van der Waals surface area (Å²) in [5.41, 5.74) is 1.73. The van der Waals surface area contributed by atoms with Gasteiger partial charge in [-0.2, -0.15) is 0 Å². The number of likely N-dealkylation sites (tertiary alicyclic amines) is 1. The van der Waals surface area contributed by atoms with Gasteiger partial charge in [-0.3, -0.25) is 9.59 Å². The SMILES string of the molecule is Cc1ccc(C(=O)N2CCCC2C(=O)Nc2nccs2)cc1. The minimum Gasteiger partial charge on any atom is -0.327 e. The fourth-order valence-corrected chi connectivity index (χ4v) is 3.15. The Balaban J connectivity index is 1.73. The molecule has 3 rings (SSSR count). The van der Waals surface area contributed by atoms with Crippen LogP contribution in [-0.2, 0) is 4.79 Å². The van der Waals surface area contributed by atoms with Gasteiger partial charge in [-0.15, -0.1) is 11.3 Å². The first-order valence-electron chi connectivity index (χ1n) is 7.23. The van der Waals surface area contributed by atoms with E-state index in [0.717, 1.165) is 12.0 Å². The number of rotatable bonds is 3. The number of nitrogens with zero attached hydrogens (tertiary/aromatic N) is 2. The van der Waals surface area contributed by atoms with Crippen molar-refractivity contribution in [3.63, 3.8) is 0 Å². The average Bonchev–Trinajstić information content (AvgIpc) is 3.18. The van der Waals surface area contributed by atoms with E-state index in [9.17, 15) is 9.59 Å². The van der Waals surface area contributed by atoms with Gasteiger partial charge in [-0.25, -0.2) is 4.98 Å². The first-order valence-corrected chi connectivity index (χ1v) is 8.11. The molecule has 0 saturated carbocycles. The summed E-state index contributed by atoms with van der Waals surface area (Å²) in [5, 5.41) is 5.16. The molecule has 2 heterocycles. The lowest BCUT2D eigenvalue weighted by molar-refractivity contribution is -0.119. The van der Waals surface area contributed by atoms with Gasteiger partial charge in [0.05, 0.1) is 0 Å². The second kappa shape index (κ2) is 6.27. The molecule has 0 bridgehead atoms. The van der Waals surface area contributed by atoms with E-state index in [4.69, 9.17) is 0 Å². The van der Waals surface area contributed by atoms with Crippen molar-refractivity contribution in [3.8, 4) is 0 Å². The molecular formula is C16H17N3O2S. The molecule has 2 amide bonds. The molecule has 2 aromatic rings. The van der Waals surface area contributed by atoms with Crippen molar-refractivity contribution in [2.24, 2.45) is 0 Å². The average molecular weight is 315 g/mol. The van der Waals surface area contributed by atoms with E-state index >= 15 is 0 Å². The zero-order valence-electron chi connectivity index (χ0n) is 12.3. The highest BCUT2D eigenvalue weighted by molar-refractivity contribution is 7.13. The molecule has 6 heteroatoms. The van der Waals surface area contributed by atoms with Gasteiger partial charge in [0.1, 0.15) is 6.04 Å². The van der Waals surface area contributed by atoms with Crippen molar-refractivity contribution in [1.29, 1.82) is 0 Å². The zero-order chi connectivity index (χ0) is 15.5. The number of hydrogen-bond acceptors (Lipinski definition) is 4. The van der Waals surface area contributed by atoms with Gasteiger partial charge in [-0.1, -0.05) is 17.7 Å². The highest BCUT2D eigenvalue weighted by Gasteiger charge is 2.34. The molecule has 1 atom stereocenters. The molecule has 1 N–H and O–H groups in total. The van der Waals surface area contributed by atoms with Crippen molar-refractivity contribution in [2.45, 2.75) is 25.8 Å². The molecular weight excluding hydrogens is 298 g/mol. The third-order valence-corrected chi connectivity index (χ3v) is 4.47. The number of nitrogens with one attached hydrogen (secondary N) is 1. The second-order valence-electron chi connectivity index (χ2n) is 5.35. The Labute approximate surface area is 133 Å². The lowest BCUT2D eigenvalue weighted by atomic mass is 10.1. The monoisotopic (exact) mass is 315 g/mol. The molecule has 22 heavy (non-hydrogen) atoms. The summed E-state index contributed by atoms with van der Waals surface area (Å²) in [4.78, 5) is 30.7. The van der Waals surface area contributed by atoms with E-state index in [1.165, 1.54) is 11.3 Å². The number of carbonyl (C=O) groups is 2. The van der Waals surface area contributed by atoms with E-state index in [1.54, 1.807) is 16.5 Å². The number of anilines is 1. The topological polar surface area (TPSA) is 62.3 Å². The number of carbonyl (C=O) groups excluding carboxylic acids is 2. The molecule has 0 spiro atoms. The predicted molar refractivity (Wildman–Crippen MR) is 86.0 cm³/mol. The van der Waals surface area contributed by atoms with E-state index in [-0.39, 0.29) is 11.8 Å². The van der Waals surface area contributed by atoms with Crippen LogP contribution in [0.25, 0.3) is 0 Å². The van der Waals surface area contributed by atoms with Gasteiger partial charge >= 0.3 is 0 Å². The van der Waals surface area contributed by atoms with E-state index in [1.807, 2.05) is 31.2 Å². The maximum atomic E-state index is 12.6. The van der Waals surface area contributed by atoms with Crippen molar-refractivity contribution in [3.05, 3.63) is 47.0 Å². The first-order chi connectivity index (χ1) is 10.6. The third kappa shape index (κ3) is 3.01. The summed E-state index contributed by atoms with van der Waals surface area (Å²) < 4.78 is 0. The van der Waals surface area contributed by atoms with Crippen LogP contribution in [0.4, 0.5) is 5.13 Å². The Morgan fingerprint density at radius 2 is 2.09 bits per heavy atom. The largest absolute Gasteiger partial charge is 0.327 e. The molecule has 1 aliphatic heterocycles. The van der Waals surface area contributed by atoms with Crippen molar-refractivity contribution >= 4 is 28.3 Å². The highest BCUT2D eigenvalue weighted by Crippen LogP contribution is 2.22. The number of hydrogen-bond donors (Lipinski definition) is 1. The summed E-state index contributed by atoms with van der Waals surface area (Å²) in [6.07, 6.45) is 3.17. The molecule has 0 radical (unpaired) electrons. The Hall–Kier alpha value is -2.21. The number of thiazole rings is 1. The quantitative estimate of drug-likeness (QED) is 0.947. The molecule has 5 nitrogen and oxygen atoms in total. The van der Waals surface area contributed by atoms with E-state index in [0.29, 0.717) is 23.7 Å². The Morgan fingerprint density at radius 3 is 2.77 bits per heavy atom. The van der Waals surface area contributed by atoms with Crippen LogP contribution < -0.4 is 5.32 Å². The first kappa shape index (κ1) is 14.7. The van der Waals surface area contributed by atoms with Gasteiger partial charge in [-0.05, 0) is 31.9 Å². The van der Waals surface area contributed by atoms with Gasteiger partial charge in [0.2, 0.25) is 5.91 Å². The Kier molecular flexibility index (Phi) is 4.20. The third-order valence-electron chi connectivity index (χ3n) is 3.78. The maximum Gasteiger partial charge on any atom is 0.254 e. The summed E-state index contributed by atoms with van der Waals surface area (Å²) in [5.74, 6) is -0.246. The van der Waals surface area contributed by atoms with Crippen molar-refractivity contribution in [1.82, 2.24) is 9.88 Å². The molecule has 1 aliphatic rings. The molecule has 1 saturated heterocycles. The highest BCUT2D eigenvalue weighted by atomic mass is 32.1. The molecule has 1 fully saturated rings. The second-order valence-corrected chi connectivity index (χ2v) is 6.24. The van der Waals surface area contributed by atoms with E-state index < -0.39 is 6.04 Å². The summed E-state index contributed by atoms with van der Waals surface area (Å²) in [6, 6.07) is 7.03. The van der Waals surface area contributed by atoms with Gasteiger partial charge < -0.3 is 10.2 Å². The van der Waals surface area contributed by atoms with Crippen LogP contribution in [0.1, 0.15) is 28.8 Å². The number of aryl methyl sites for hydroxylation is 1. The zero-order valence-corrected chi connectivity index (χ0v) is 13.1. The predicted octanol–water partition coefficient (Wildman–Crippen LogP) is 2.69. The number of benzene rings is 1. The van der Waals surface area contributed by atoms with Crippen LogP contribution in [0.5, 0.6) is 0 Å². The molecule has 0 aliphatic carbocycles. The minimum atomic E-state index is -0.419. The van der Waals surface area contributed by atoms with Gasteiger partial charge in [0, 0.05) is 23.7 Å². The van der Waals surface area contributed by atoms with Crippen LogP contribution in [0.3, 0.4) is 0 Å².